The molecule has 1 aliphatic heterocycles. The molecule has 0 saturated carbocycles. The van der Waals surface area contributed by atoms with Gasteiger partial charge in [0.25, 0.3) is 0 Å². The molecular weight excluding hydrogens is 299 g/mol. The van der Waals surface area contributed by atoms with Gasteiger partial charge in [0.2, 0.25) is 5.91 Å². The lowest BCUT2D eigenvalue weighted by atomic mass is 9.88. The van der Waals surface area contributed by atoms with Gasteiger partial charge in [0, 0.05) is 19.5 Å². The van der Waals surface area contributed by atoms with Crippen LogP contribution in [0.5, 0.6) is 5.75 Å². The quantitative estimate of drug-likeness (QED) is 0.714. The van der Waals surface area contributed by atoms with Crippen molar-refractivity contribution in [3.8, 4) is 5.75 Å². The minimum absolute atomic E-state index is 0.209. The van der Waals surface area contributed by atoms with Gasteiger partial charge in [-0.05, 0) is 44.4 Å². The number of carbonyl (C=O) groups is 1. The number of rotatable bonds is 8. The molecule has 2 rings (SSSR count). The summed E-state index contributed by atoms with van der Waals surface area (Å²) < 4.78 is 18.9. The van der Waals surface area contributed by atoms with Gasteiger partial charge in [-0.15, -0.1) is 0 Å². The highest BCUT2D eigenvalue weighted by atomic mass is 19.1. The number of piperidine rings is 1. The molecule has 1 aromatic carbocycles. The van der Waals surface area contributed by atoms with Crippen LogP contribution in [0.2, 0.25) is 0 Å². The highest BCUT2D eigenvalue weighted by Gasteiger charge is 2.32. The standard InChI is InChI=1S/C17H25FN2O3/c18-14-5-1-2-6-15(14)23-12-4-11-20-10-3-8-17(22,13-20)9-7-16(19)21/h1-2,5-6,22H,3-4,7-13H2,(H2,19,21)/t17-/m1/s1. The van der Waals surface area contributed by atoms with Crippen molar-refractivity contribution in [3.63, 3.8) is 0 Å². The molecule has 1 fully saturated rings. The molecule has 1 saturated heterocycles. The molecule has 23 heavy (non-hydrogen) atoms. The van der Waals surface area contributed by atoms with Crippen LogP contribution in [0.1, 0.15) is 32.1 Å². The van der Waals surface area contributed by atoms with Gasteiger partial charge in [-0.3, -0.25) is 4.79 Å². The van der Waals surface area contributed by atoms with Gasteiger partial charge < -0.3 is 20.5 Å². The van der Waals surface area contributed by atoms with Crippen molar-refractivity contribution in [3.05, 3.63) is 30.1 Å². The van der Waals surface area contributed by atoms with E-state index in [0.717, 1.165) is 25.9 Å². The molecule has 6 heteroatoms. The number of likely N-dealkylation sites (tertiary alicyclic amines) is 1. The van der Waals surface area contributed by atoms with E-state index >= 15 is 0 Å². The Kier molecular flexibility index (Phi) is 6.36. The van der Waals surface area contributed by atoms with Gasteiger partial charge >= 0.3 is 0 Å². The van der Waals surface area contributed by atoms with Crippen LogP contribution in [-0.2, 0) is 4.79 Å². The Morgan fingerprint density at radius 3 is 2.96 bits per heavy atom. The number of para-hydroxylation sites is 1. The van der Waals surface area contributed by atoms with Crippen LogP contribution in [0.4, 0.5) is 4.39 Å². The first kappa shape index (κ1) is 17.7. The fourth-order valence-electron chi connectivity index (χ4n) is 2.99. The summed E-state index contributed by atoms with van der Waals surface area (Å²) in [5.41, 5.74) is 4.32. The van der Waals surface area contributed by atoms with Gasteiger partial charge in [-0.1, -0.05) is 12.1 Å². The summed E-state index contributed by atoms with van der Waals surface area (Å²) in [5, 5.41) is 10.5. The minimum atomic E-state index is -0.834. The zero-order valence-corrected chi connectivity index (χ0v) is 13.3. The number of benzene rings is 1. The molecule has 0 aromatic heterocycles. The smallest absolute Gasteiger partial charge is 0.217 e. The van der Waals surface area contributed by atoms with Crippen molar-refractivity contribution in [2.24, 2.45) is 5.73 Å². The molecule has 0 aliphatic carbocycles. The van der Waals surface area contributed by atoms with Crippen LogP contribution >= 0.6 is 0 Å². The molecular formula is C17H25FN2O3. The summed E-state index contributed by atoms with van der Waals surface area (Å²) in [6.45, 7) is 2.66. The molecule has 1 aliphatic rings. The molecule has 1 heterocycles. The van der Waals surface area contributed by atoms with Gasteiger partial charge in [-0.25, -0.2) is 4.39 Å². The normalized spacial score (nSPS) is 22.0. The molecule has 1 atom stereocenters. The number of aliphatic hydroxyl groups is 1. The third-order valence-corrected chi connectivity index (χ3v) is 4.18. The zero-order valence-electron chi connectivity index (χ0n) is 13.3. The predicted octanol–water partition coefficient (Wildman–Crippen LogP) is 1.69. The van der Waals surface area contributed by atoms with Crippen molar-refractivity contribution in [2.45, 2.75) is 37.7 Å². The first-order valence-corrected chi connectivity index (χ1v) is 8.09. The first-order valence-electron chi connectivity index (χ1n) is 8.09. The summed E-state index contributed by atoms with van der Waals surface area (Å²) in [6.07, 6.45) is 2.96. The minimum Gasteiger partial charge on any atom is -0.490 e. The number of primary amides is 1. The van der Waals surface area contributed by atoms with Crippen molar-refractivity contribution in [1.29, 1.82) is 0 Å². The highest BCUT2D eigenvalue weighted by molar-refractivity contribution is 5.73. The third-order valence-electron chi connectivity index (χ3n) is 4.18. The first-order chi connectivity index (χ1) is 11.0. The molecule has 0 radical (unpaired) electrons. The molecule has 1 aromatic rings. The molecule has 5 nitrogen and oxygen atoms in total. The van der Waals surface area contributed by atoms with Crippen molar-refractivity contribution >= 4 is 5.91 Å². The second-order valence-corrected chi connectivity index (χ2v) is 6.20. The maximum Gasteiger partial charge on any atom is 0.217 e. The highest BCUT2D eigenvalue weighted by Crippen LogP contribution is 2.25. The van der Waals surface area contributed by atoms with E-state index in [9.17, 15) is 14.3 Å². The van der Waals surface area contributed by atoms with Crippen molar-refractivity contribution in [1.82, 2.24) is 4.90 Å². The van der Waals surface area contributed by atoms with Crippen LogP contribution in [0.15, 0.2) is 24.3 Å². The Labute approximate surface area is 136 Å². The monoisotopic (exact) mass is 324 g/mol. The van der Waals surface area contributed by atoms with E-state index in [1.54, 1.807) is 18.2 Å². The average molecular weight is 324 g/mol. The molecule has 3 N–H and O–H groups in total. The van der Waals surface area contributed by atoms with Crippen molar-refractivity contribution < 1.29 is 19.0 Å². The number of β-amino-alcohol motifs (C(OH)–C–C–N with tert-alkyl or cyclic N) is 1. The Balaban J connectivity index is 1.71. The van der Waals surface area contributed by atoms with E-state index in [2.05, 4.69) is 4.90 Å². The lowest BCUT2D eigenvalue weighted by molar-refractivity contribution is -0.120. The number of ether oxygens (including phenoxy) is 1. The van der Waals surface area contributed by atoms with Gasteiger partial charge in [-0.2, -0.15) is 0 Å². The van der Waals surface area contributed by atoms with E-state index in [4.69, 9.17) is 10.5 Å². The van der Waals surface area contributed by atoms with Crippen LogP contribution in [0.25, 0.3) is 0 Å². The maximum absolute atomic E-state index is 13.4. The topological polar surface area (TPSA) is 75.8 Å². The Hall–Kier alpha value is -1.66. The lowest BCUT2D eigenvalue weighted by Gasteiger charge is -2.39. The summed E-state index contributed by atoms with van der Waals surface area (Å²) in [7, 11) is 0. The van der Waals surface area contributed by atoms with E-state index in [1.807, 2.05) is 0 Å². The van der Waals surface area contributed by atoms with E-state index < -0.39 is 5.60 Å². The predicted molar refractivity (Wildman–Crippen MR) is 85.6 cm³/mol. The third kappa shape index (κ3) is 5.80. The maximum atomic E-state index is 13.4. The van der Waals surface area contributed by atoms with Crippen molar-refractivity contribution in [2.75, 3.05) is 26.2 Å². The van der Waals surface area contributed by atoms with E-state index in [1.165, 1.54) is 6.07 Å². The van der Waals surface area contributed by atoms with Crippen LogP contribution in [0.3, 0.4) is 0 Å². The molecule has 0 bridgehead atoms. The fourth-order valence-corrected chi connectivity index (χ4v) is 2.99. The Morgan fingerprint density at radius 2 is 2.22 bits per heavy atom. The second kappa shape index (κ2) is 8.26. The number of hydrogen-bond acceptors (Lipinski definition) is 4. The number of halogens is 1. The number of carbonyl (C=O) groups excluding carboxylic acids is 1. The lowest BCUT2D eigenvalue weighted by Crippen LogP contribution is -2.48. The van der Waals surface area contributed by atoms with Gasteiger partial charge in [0.1, 0.15) is 0 Å². The molecule has 128 valence electrons. The SMILES string of the molecule is NC(=O)CC[C@]1(O)CCCN(CCCOc2ccccc2F)C1. The van der Waals surface area contributed by atoms with Gasteiger partial charge in [0.05, 0.1) is 12.2 Å². The number of hydrogen-bond donors (Lipinski definition) is 2. The number of amides is 1. The Bertz CT molecular complexity index is 526. The average Bonchev–Trinajstić information content (AvgIpc) is 2.51. The summed E-state index contributed by atoms with van der Waals surface area (Å²) >= 11 is 0. The van der Waals surface area contributed by atoms with E-state index in [-0.39, 0.29) is 23.9 Å². The van der Waals surface area contributed by atoms with Crippen LogP contribution < -0.4 is 10.5 Å². The molecule has 0 unspecified atom stereocenters. The molecule has 1 amide bonds. The summed E-state index contributed by atoms with van der Waals surface area (Å²) in [4.78, 5) is 13.1. The largest absolute Gasteiger partial charge is 0.490 e. The molecule has 0 spiro atoms. The fraction of sp³-hybridized carbons (Fsp3) is 0.588. The number of nitrogens with two attached hydrogens (primary N) is 1. The van der Waals surface area contributed by atoms with Crippen LogP contribution in [-0.4, -0.2) is 47.8 Å². The summed E-state index contributed by atoms with van der Waals surface area (Å²) in [5.74, 6) is -0.468. The Morgan fingerprint density at radius 1 is 1.43 bits per heavy atom. The van der Waals surface area contributed by atoms with Crippen LogP contribution in [0, 0.1) is 5.82 Å². The number of nitrogens with zero attached hydrogens (tertiary/aromatic N) is 1. The van der Waals surface area contributed by atoms with E-state index in [0.29, 0.717) is 26.0 Å². The van der Waals surface area contributed by atoms with Gasteiger partial charge in [0.15, 0.2) is 11.6 Å². The summed E-state index contributed by atoms with van der Waals surface area (Å²) in [6, 6.07) is 6.35. The second-order valence-electron chi connectivity index (χ2n) is 6.20. The zero-order chi connectivity index (χ0) is 16.7.